The molecule has 0 aromatic heterocycles. The lowest BCUT2D eigenvalue weighted by molar-refractivity contribution is 0.205. The van der Waals surface area contributed by atoms with E-state index in [0.29, 0.717) is 6.04 Å². The van der Waals surface area contributed by atoms with Gasteiger partial charge in [0.15, 0.2) is 0 Å². The van der Waals surface area contributed by atoms with E-state index in [4.69, 9.17) is 5.73 Å². The second-order valence-corrected chi connectivity index (χ2v) is 5.17. The van der Waals surface area contributed by atoms with Gasteiger partial charge in [0.25, 0.3) is 0 Å². The lowest BCUT2D eigenvalue weighted by Crippen LogP contribution is -2.39. The Kier molecular flexibility index (Phi) is 8.42. The summed E-state index contributed by atoms with van der Waals surface area (Å²) in [7, 11) is 4.14. The van der Waals surface area contributed by atoms with Crippen molar-refractivity contribution in [2.75, 3.05) is 32.1 Å². The second kappa shape index (κ2) is 8.64. The average Bonchev–Trinajstić information content (AvgIpc) is 2.33. The van der Waals surface area contributed by atoms with E-state index in [0.717, 1.165) is 32.5 Å². The summed E-state index contributed by atoms with van der Waals surface area (Å²) < 4.78 is 0. The number of piperidine rings is 1. The number of likely N-dealkylation sites (tertiary alicyclic amines) is 1. The molecule has 2 rings (SSSR count). The minimum absolute atomic E-state index is 0. The highest BCUT2D eigenvalue weighted by Gasteiger charge is 2.15. The Morgan fingerprint density at radius 2 is 1.63 bits per heavy atom. The van der Waals surface area contributed by atoms with Gasteiger partial charge in [-0.15, -0.1) is 24.8 Å². The summed E-state index contributed by atoms with van der Waals surface area (Å²) in [5.41, 5.74) is 8.56. The van der Waals surface area contributed by atoms with Crippen molar-refractivity contribution in [2.45, 2.75) is 25.4 Å². The third-order valence-electron chi connectivity index (χ3n) is 3.49. The number of nitrogens with zero attached hydrogens (tertiary/aromatic N) is 2. The molecular formula is C14H25Cl2N3. The molecule has 1 fully saturated rings. The van der Waals surface area contributed by atoms with Crippen LogP contribution in [0.5, 0.6) is 0 Å². The molecule has 5 heteroatoms. The van der Waals surface area contributed by atoms with Crippen molar-refractivity contribution in [1.29, 1.82) is 0 Å². The van der Waals surface area contributed by atoms with Crippen molar-refractivity contribution in [3.63, 3.8) is 0 Å². The zero-order chi connectivity index (χ0) is 12.3. The van der Waals surface area contributed by atoms with Crippen LogP contribution in [0.4, 0.5) is 5.69 Å². The Bertz CT molecular complexity index is 346. The normalized spacial score (nSPS) is 16.4. The molecule has 1 aliphatic rings. The maximum Gasteiger partial charge on any atom is 0.0361 e. The van der Waals surface area contributed by atoms with Gasteiger partial charge in [-0.1, -0.05) is 12.1 Å². The van der Waals surface area contributed by atoms with Crippen molar-refractivity contribution >= 4 is 30.5 Å². The van der Waals surface area contributed by atoms with Crippen LogP contribution >= 0.6 is 24.8 Å². The smallest absolute Gasteiger partial charge is 0.0361 e. The zero-order valence-electron chi connectivity index (χ0n) is 11.7. The standard InChI is InChI=1S/C14H23N3.2ClH/c1-16(2)14-5-3-12(4-6-14)11-17-9-7-13(15)8-10-17;;/h3-6,13H,7-11,15H2,1-2H3;2*1H. The van der Waals surface area contributed by atoms with Crippen LogP contribution in [-0.4, -0.2) is 38.1 Å². The summed E-state index contributed by atoms with van der Waals surface area (Å²) in [6.45, 7) is 3.33. The van der Waals surface area contributed by atoms with Gasteiger partial charge < -0.3 is 10.6 Å². The number of halogens is 2. The van der Waals surface area contributed by atoms with E-state index in [1.807, 2.05) is 0 Å². The van der Waals surface area contributed by atoms with E-state index in [-0.39, 0.29) is 24.8 Å². The lowest BCUT2D eigenvalue weighted by atomic mass is 10.1. The first-order valence-corrected chi connectivity index (χ1v) is 6.39. The molecule has 1 heterocycles. The summed E-state index contributed by atoms with van der Waals surface area (Å²) in [6.07, 6.45) is 2.27. The molecule has 1 aliphatic heterocycles. The van der Waals surface area contributed by atoms with Crippen LogP contribution in [0, 0.1) is 0 Å². The summed E-state index contributed by atoms with van der Waals surface area (Å²) in [4.78, 5) is 4.62. The van der Waals surface area contributed by atoms with E-state index < -0.39 is 0 Å². The van der Waals surface area contributed by atoms with Gasteiger partial charge in [-0.3, -0.25) is 4.90 Å². The van der Waals surface area contributed by atoms with Gasteiger partial charge in [-0.2, -0.15) is 0 Å². The highest BCUT2D eigenvalue weighted by atomic mass is 35.5. The van der Waals surface area contributed by atoms with Gasteiger partial charge in [-0.25, -0.2) is 0 Å². The Labute approximate surface area is 129 Å². The third-order valence-corrected chi connectivity index (χ3v) is 3.49. The number of benzene rings is 1. The van der Waals surface area contributed by atoms with Crippen LogP contribution in [0.2, 0.25) is 0 Å². The molecule has 2 N–H and O–H groups in total. The molecule has 0 amide bonds. The summed E-state index contributed by atoms with van der Waals surface area (Å²) in [5, 5.41) is 0. The maximum absolute atomic E-state index is 5.91. The highest BCUT2D eigenvalue weighted by Crippen LogP contribution is 2.16. The van der Waals surface area contributed by atoms with Crippen molar-refractivity contribution in [3.8, 4) is 0 Å². The molecule has 1 aromatic rings. The van der Waals surface area contributed by atoms with E-state index in [2.05, 4.69) is 48.2 Å². The van der Waals surface area contributed by atoms with Gasteiger partial charge in [0.1, 0.15) is 0 Å². The van der Waals surface area contributed by atoms with Gasteiger partial charge in [0, 0.05) is 32.4 Å². The van der Waals surface area contributed by atoms with Crippen LogP contribution < -0.4 is 10.6 Å². The quantitative estimate of drug-likeness (QED) is 0.931. The Hall–Kier alpha value is -0.480. The first-order valence-electron chi connectivity index (χ1n) is 6.39. The maximum atomic E-state index is 5.91. The van der Waals surface area contributed by atoms with Crippen LogP contribution in [0.1, 0.15) is 18.4 Å². The predicted molar refractivity (Wildman–Crippen MR) is 87.8 cm³/mol. The van der Waals surface area contributed by atoms with Crippen molar-refractivity contribution < 1.29 is 0 Å². The number of hydrogen-bond donors (Lipinski definition) is 1. The largest absolute Gasteiger partial charge is 0.378 e. The summed E-state index contributed by atoms with van der Waals surface area (Å²) >= 11 is 0. The fraction of sp³-hybridized carbons (Fsp3) is 0.571. The first-order chi connectivity index (χ1) is 8.15. The van der Waals surface area contributed by atoms with Crippen LogP contribution in [0.3, 0.4) is 0 Å². The lowest BCUT2D eigenvalue weighted by Gasteiger charge is -2.30. The predicted octanol–water partition coefficient (Wildman–Crippen LogP) is 2.52. The van der Waals surface area contributed by atoms with E-state index in [1.54, 1.807) is 0 Å². The molecule has 0 unspecified atom stereocenters. The van der Waals surface area contributed by atoms with Crippen molar-refractivity contribution in [2.24, 2.45) is 5.73 Å². The van der Waals surface area contributed by atoms with Crippen LogP contribution in [-0.2, 0) is 6.54 Å². The molecule has 0 spiro atoms. The SMILES string of the molecule is CN(C)c1ccc(CN2CCC(N)CC2)cc1.Cl.Cl. The molecule has 0 radical (unpaired) electrons. The van der Waals surface area contributed by atoms with E-state index in [9.17, 15) is 0 Å². The van der Waals surface area contributed by atoms with Crippen molar-refractivity contribution in [1.82, 2.24) is 4.90 Å². The minimum atomic E-state index is 0. The third kappa shape index (κ3) is 5.57. The van der Waals surface area contributed by atoms with Gasteiger partial charge in [0.2, 0.25) is 0 Å². The highest BCUT2D eigenvalue weighted by molar-refractivity contribution is 5.85. The van der Waals surface area contributed by atoms with Gasteiger partial charge >= 0.3 is 0 Å². The Morgan fingerprint density at radius 1 is 1.11 bits per heavy atom. The molecule has 0 aliphatic carbocycles. The van der Waals surface area contributed by atoms with E-state index >= 15 is 0 Å². The molecular weight excluding hydrogens is 281 g/mol. The number of nitrogens with two attached hydrogens (primary N) is 1. The zero-order valence-corrected chi connectivity index (χ0v) is 13.3. The van der Waals surface area contributed by atoms with Gasteiger partial charge in [-0.05, 0) is 43.6 Å². The second-order valence-electron chi connectivity index (χ2n) is 5.17. The monoisotopic (exact) mass is 305 g/mol. The summed E-state index contributed by atoms with van der Waals surface area (Å²) in [5.74, 6) is 0. The molecule has 19 heavy (non-hydrogen) atoms. The molecule has 0 bridgehead atoms. The first kappa shape index (κ1) is 18.5. The number of rotatable bonds is 3. The fourth-order valence-corrected chi connectivity index (χ4v) is 2.27. The molecule has 3 nitrogen and oxygen atoms in total. The number of anilines is 1. The summed E-state index contributed by atoms with van der Waals surface area (Å²) in [6, 6.07) is 9.24. The topological polar surface area (TPSA) is 32.5 Å². The van der Waals surface area contributed by atoms with Crippen LogP contribution in [0.25, 0.3) is 0 Å². The molecule has 0 saturated carbocycles. The fourth-order valence-electron chi connectivity index (χ4n) is 2.27. The molecule has 1 saturated heterocycles. The molecule has 1 aromatic carbocycles. The molecule has 0 atom stereocenters. The van der Waals surface area contributed by atoms with Gasteiger partial charge in [0.05, 0.1) is 0 Å². The minimum Gasteiger partial charge on any atom is -0.378 e. The Morgan fingerprint density at radius 3 is 2.11 bits per heavy atom. The Balaban J connectivity index is 0.00000162. The van der Waals surface area contributed by atoms with Crippen LogP contribution in [0.15, 0.2) is 24.3 Å². The van der Waals surface area contributed by atoms with Crippen molar-refractivity contribution in [3.05, 3.63) is 29.8 Å². The number of hydrogen-bond acceptors (Lipinski definition) is 3. The molecule has 110 valence electrons. The van der Waals surface area contributed by atoms with E-state index in [1.165, 1.54) is 11.3 Å². The average molecular weight is 306 g/mol.